The standard InChI is InChI=1S/C19H24F3N3O3/c1-12(2)23-17(27)15(13-6-4-3-5-7-13)24-16(26)14-8-10-25(11-9-14)18(28)19(20,21)22/h3-7,12,14-15H,8-11H2,1-2H3,(H,23,27)(H,24,26)/t15-/m0/s1. The van der Waals surface area contributed by atoms with Gasteiger partial charge in [-0.15, -0.1) is 0 Å². The summed E-state index contributed by atoms with van der Waals surface area (Å²) in [6.07, 6.45) is -4.69. The summed E-state index contributed by atoms with van der Waals surface area (Å²) in [5.74, 6) is -3.22. The number of halogens is 3. The Bertz CT molecular complexity index is 699. The maximum absolute atomic E-state index is 12.6. The Kier molecular flexibility index (Phi) is 7.04. The van der Waals surface area contributed by atoms with Gasteiger partial charge in [0.15, 0.2) is 0 Å². The fraction of sp³-hybridized carbons (Fsp3) is 0.526. The molecule has 1 atom stereocenters. The third kappa shape index (κ3) is 5.71. The highest BCUT2D eigenvalue weighted by Gasteiger charge is 2.43. The zero-order valence-electron chi connectivity index (χ0n) is 15.8. The summed E-state index contributed by atoms with van der Waals surface area (Å²) in [6, 6.07) is 7.70. The van der Waals surface area contributed by atoms with Crippen molar-refractivity contribution in [2.24, 2.45) is 5.92 Å². The zero-order valence-corrected chi connectivity index (χ0v) is 15.8. The Morgan fingerprint density at radius 3 is 2.11 bits per heavy atom. The van der Waals surface area contributed by atoms with E-state index < -0.39 is 30.0 Å². The number of hydrogen-bond acceptors (Lipinski definition) is 3. The van der Waals surface area contributed by atoms with Gasteiger partial charge in [0.2, 0.25) is 11.8 Å². The number of rotatable bonds is 5. The summed E-state index contributed by atoms with van der Waals surface area (Å²) in [4.78, 5) is 37.2. The van der Waals surface area contributed by atoms with E-state index in [1.165, 1.54) is 0 Å². The first-order chi connectivity index (χ1) is 13.1. The largest absolute Gasteiger partial charge is 0.471 e. The third-order valence-electron chi connectivity index (χ3n) is 4.51. The van der Waals surface area contributed by atoms with Gasteiger partial charge in [0, 0.05) is 25.0 Å². The Labute approximate surface area is 161 Å². The van der Waals surface area contributed by atoms with Gasteiger partial charge in [-0.1, -0.05) is 30.3 Å². The summed E-state index contributed by atoms with van der Waals surface area (Å²) < 4.78 is 37.6. The molecule has 1 aliphatic heterocycles. The van der Waals surface area contributed by atoms with Crippen LogP contribution in [-0.4, -0.2) is 47.9 Å². The normalized spacial score (nSPS) is 16.6. The maximum atomic E-state index is 12.6. The topological polar surface area (TPSA) is 78.5 Å². The summed E-state index contributed by atoms with van der Waals surface area (Å²) in [5, 5.41) is 5.46. The second kappa shape index (κ2) is 9.07. The Hall–Kier alpha value is -2.58. The lowest BCUT2D eigenvalue weighted by Crippen LogP contribution is -2.49. The molecule has 0 saturated carbocycles. The molecule has 1 heterocycles. The van der Waals surface area contributed by atoms with Crippen molar-refractivity contribution in [3.05, 3.63) is 35.9 Å². The Balaban J connectivity index is 2.02. The van der Waals surface area contributed by atoms with E-state index in [1.807, 2.05) is 0 Å². The average molecular weight is 399 g/mol. The first-order valence-corrected chi connectivity index (χ1v) is 9.11. The summed E-state index contributed by atoms with van der Waals surface area (Å²) in [5.41, 5.74) is 0.610. The first-order valence-electron chi connectivity index (χ1n) is 9.11. The van der Waals surface area contributed by atoms with Crippen LogP contribution in [0.15, 0.2) is 30.3 Å². The molecule has 0 bridgehead atoms. The van der Waals surface area contributed by atoms with Crippen molar-refractivity contribution < 1.29 is 27.6 Å². The van der Waals surface area contributed by atoms with E-state index in [1.54, 1.807) is 44.2 Å². The molecule has 0 radical (unpaired) electrons. The van der Waals surface area contributed by atoms with E-state index in [2.05, 4.69) is 10.6 Å². The number of likely N-dealkylation sites (tertiary alicyclic amines) is 1. The summed E-state index contributed by atoms with van der Waals surface area (Å²) in [6.45, 7) is 3.31. The summed E-state index contributed by atoms with van der Waals surface area (Å²) >= 11 is 0. The van der Waals surface area contributed by atoms with E-state index in [0.717, 1.165) is 0 Å². The van der Waals surface area contributed by atoms with E-state index in [-0.39, 0.29) is 37.9 Å². The number of amides is 3. The quantitative estimate of drug-likeness (QED) is 0.797. The van der Waals surface area contributed by atoms with Crippen molar-refractivity contribution in [3.8, 4) is 0 Å². The van der Waals surface area contributed by atoms with Crippen LogP contribution in [0.25, 0.3) is 0 Å². The van der Waals surface area contributed by atoms with Gasteiger partial charge >= 0.3 is 12.1 Å². The molecule has 0 aliphatic carbocycles. The molecule has 0 spiro atoms. The van der Waals surface area contributed by atoms with Crippen LogP contribution in [0, 0.1) is 5.92 Å². The van der Waals surface area contributed by atoms with Crippen LogP contribution in [0.5, 0.6) is 0 Å². The molecule has 1 saturated heterocycles. The molecule has 1 aromatic rings. The summed E-state index contributed by atoms with van der Waals surface area (Å²) in [7, 11) is 0. The number of alkyl halides is 3. The fourth-order valence-electron chi connectivity index (χ4n) is 3.10. The van der Waals surface area contributed by atoms with E-state index >= 15 is 0 Å². The van der Waals surface area contributed by atoms with Crippen LogP contribution < -0.4 is 10.6 Å². The predicted octanol–water partition coefficient (Wildman–Crippen LogP) is 2.17. The van der Waals surface area contributed by atoms with Crippen LogP contribution in [0.3, 0.4) is 0 Å². The van der Waals surface area contributed by atoms with Gasteiger partial charge in [0.05, 0.1) is 0 Å². The molecule has 1 aliphatic rings. The minimum absolute atomic E-state index is 0.112. The minimum Gasteiger partial charge on any atom is -0.352 e. The number of benzene rings is 1. The second-order valence-electron chi connectivity index (χ2n) is 7.08. The molecular weight excluding hydrogens is 375 g/mol. The van der Waals surface area contributed by atoms with Crippen LogP contribution in [0.2, 0.25) is 0 Å². The molecule has 28 heavy (non-hydrogen) atoms. The van der Waals surface area contributed by atoms with Gasteiger partial charge in [0.25, 0.3) is 0 Å². The van der Waals surface area contributed by atoms with Crippen molar-refractivity contribution in [1.29, 1.82) is 0 Å². The number of nitrogens with zero attached hydrogens (tertiary/aromatic N) is 1. The van der Waals surface area contributed by atoms with Crippen LogP contribution >= 0.6 is 0 Å². The van der Waals surface area contributed by atoms with Gasteiger partial charge in [-0.25, -0.2) is 0 Å². The average Bonchev–Trinajstić information content (AvgIpc) is 2.64. The van der Waals surface area contributed by atoms with Crippen molar-refractivity contribution in [2.75, 3.05) is 13.1 Å². The smallest absolute Gasteiger partial charge is 0.352 e. The van der Waals surface area contributed by atoms with E-state index in [0.29, 0.717) is 10.5 Å². The van der Waals surface area contributed by atoms with Crippen molar-refractivity contribution in [1.82, 2.24) is 15.5 Å². The highest BCUT2D eigenvalue weighted by Crippen LogP contribution is 2.25. The Morgan fingerprint density at radius 1 is 1.04 bits per heavy atom. The SMILES string of the molecule is CC(C)NC(=O)[C@@H](NC(=O)C1CCN(C(=O)C(F)(F)F)CC1)c1ccccc1. The molecule has 1 aromatic carbocycles. The maximum Gasteiger partial charge on any atom is 0.471 e. The number of piperidine rings is 1. The predicted molar refractivity (Wildman–Crippen MR) is 96.0 cm³/mol. The molecule has 2 N–H and O–H groups in total. The van der Waals surface area contributed by atoms with E-state index in [9.17, 15) is 27.6 Å². The minimum atomic E-state index is -4.91. The molecule has 1 fully saturated rings. The second-order valence-corrected chi connectivity index (χ2v) is 7.08. The van der Waals surface area contributed by atoms with Crippen LogP contribution in [0.1, 0.15) is 38.3 Å². The number of carbonyl (C=O) groups excluding carboxylic acids is 3. The van der Waals surface area contributed by atoms with Crippen molar-refractivity contribution >= 4 is 17.7 Å². The van der Waals surface area contributed by atoms with Crippen molar-refractivity contribution in [3.63, 3.8) is 0 Å². The number of nitrogens with one attached hydrogen (secondary N) is 2. The van der Waals surface area contributed by atoms with Gasteiger partial charge in [-0.05, 0) is 32.3 Å². The lowest BCUT2D eigenvalue weighted by Gasteiger charge is -2.32. The number of carbonyl (C=O) groups is 3. The molecule has 2 rings (SSSR count). The Morgan fingerprint density at radius 2 is 1.61 bits per heavy atom. The molecule has 154 valence electrons. The van der Waals surface area contributed by atoms with E-state index in [4.69, 9.17) is 0 Å². The third-order valence-corrected chi connectivity index (χ3v) is 4.51. The monoisotopic (exact) mass is 399 g/mol. The first kappa shape index (κ1) is 21.7. The lowest BCUT2D eigenvalue weighted by atomic mass is 9.94. The molecule has 0 unspecified atom stereocenters. The highest BCUT2D eigenvalue weighted by atomic mass is 19.4. The molecule has 3 amide bonds. The molecule has 9 heteroatoms. The lowest BCUT2D eigenvalue weighted by molar-refractivity contribution is -0.186. The van der Waals surface area contributed by atoms with Gasteiger partial charge < -0.3 is 15.5 Å². The molecular formula is C19H24F3N3O3. The highest BCUT2D eigenvalue weighted by molar-refractivity contribution is 5.89. The molecule has 6 nitrogen and oxygen atoms in total. The van der Waals surface area contributed by atoms with Gasteiger partial charge in [-0.3, -0.25) is 14.4 Å². The fourth-order valence-corrected chi connectivity index (χ4v) is 3.10. The van der Waals surface area contributed by atoms with Gasteiger partial charge in [0.1, 0.15) is 6.04 Å². The van der Waals surface area contributed by atoms with Crippen LogP contribution in [-0.2, 0) is 14.4 Å². The number of hydrogen-bond donors (Lipinski definition) is 2. The zero-order chi connectivity index (χ0) is 20.9. The van der Waals surface area contributed by atoms with Gasteiger partial charge in [-0.2, -0.15) is 13.2 Å². The van der Waals surface area contributed by atoms with Crippen molar-refractivity contribution in [2.45, 2.75) is 44.9 Å². The molecule has 0 aromatic heterocycles. The van der Waals surface area contributed by atoms with Crippen LogP contribution in [0.4, 0.5) is 13.2 Å².